The average Bonchev–Trinajstić information content (AvgIpc) is 2.68. The number of para-hydroxylation sites is 1. The van der Waals surface area contributed by atoms with E-state index in [1.807, 2.05) is 24.3 Å². The van der Waals surface area contributed by atoms with Gasteiger partial charge in [-0.05, 0) is 23.9 Å². The van der Waals surface area contributed by atoms with E-state index in [-0.39, 0.29) is 5.97 Å². The predicted octanol–water partition coefficient (Wildman–Crippen LogP) is 2.27. The lowest BCUT2D eigenvalue weighted by molar-refractivity contribution is -0.140. The van der Waals surface area contributed by atoms with Crippen LogP contribution in [0, 0.1) is 0 Å². The molecule has 0 aliphatic rings. The maximum atomic E-state index is 11.0. The Hall–Kier alpha value is -1.77. The van der Waals surface area contributed by atoms with Gasteiger partial charge in [0.15, 0.2) is 0 Å². The van der Waals surface area contributed by atoms with Crippen molar-refractivity contribution in [1.29, 1.82) is 0 Å². The first-order chi connectivity index (χ1) is 7.29. The van der Waals surface area contributed by atoms with Gasteiger partial charge >= 0.3 is 5.97 Å². The van der Waals surface area contributed by atoms with Crippen molar-refractivity contribution in [2.24, 2.45) is 0 Å². The fraction of sp³-hybridized carbons (Fsp3) is 0.250. The fourth-order valence-corrected chi connectivity index (χ4v) is 1.61. The highest BCUT2D eigenvalue weighted by Gasteiger charge is 2.03. The van der Waals surface area contributed by atoms with Gasteiger partial charge in [0.2, 0.25) is 0 Å². The average molecular weight is 203 g/mol. The Morgan fingerprint density at radius 1 is 1.40 bits per heavy atom. The Labute approximate surface area is 88.1 Å². The van der Waals surface area contributed by atoms with Gasteiger partial charge in [-0.1, -0.05) is 18.2 Å². The van der Waals surface area contributed by atoms with E-state index in [1.165, 1.54) is 12.5 Å². The summed E-state index contributed by atoms with van der Waals surface area (Å²) in [7, 11) is 1.41. The van der Waals surface area contributed by atoms with Gasteiger partial charge in [0.05, 0.1) is 13.5 Å². The van der Waals surface area contributed by atoms with E-state index in [0.29, 0.717) is 12.8 Å². The van der Waals surface area contributed by atoms with E-state index in [2.05, 4.69) is 15.8 Å². The maximum Gasteiger partial charge on any atom is 0.305 e. The molecule has 0 unspecified atom stereocenters. The number of carbonyl (C=O) groups is 1. The number of carbonyl (C=O) groups excluding carboxylic acids is 1. The number of nitrogens with one attached hydrogen (secondary N) is 1. The molecule has 0 bridgehead atoms. The number of methoxy groups -OCH3 is 1. The molecule has 0 aliphatic carbocycles. The van der Waals surface area contributed by atoms with Gasteiger partial charge in [-0.25, -0.2) is 0 Å². The topological polar surface area (TPSA) is 42.1 Å². The molecular formula is C12H13NO2. The van der Waals surface area contributed by atoms with Gasteiger partial charge in [0.25, 0.3) is 0 Å². The highest BCUT2D eigenvalue weighted by molar-refractivity contribution is 5.80. The first-order valence-corrected chi connectivity index (χ1v) is 4.93. The van der Waals surface area contributed by atoms with Crippen molar-refractivity contribution in [3.8, 4) is 0 Å². The summed E-state index contributed by atoms with van der Waals surface area (Å²) in [6, 6.07) is 10.1. The van der Waals surface area contributed by atoms with Crippen LogP contribution >= 0.6 is 0 Å². The highest BCUT2D eigenvalue weighted by atomic mass is 16.5. The Kier molecular flexibility index (Phi) is 2.72. The van der Waals surface area contributed by atoms with Crippen molar-refractivity contribution < 1.29 is 9.53 Å². The van der Waals surface area contributed by atoms with Gasteiger partial charge in [-0.2, -0.15) is 0 Å². The van der Waals surface area contributed by atoms with E-state index in [1.54, 1.807) is 0 Å². The number of aromatic nitrogens is 1. The molecule has 0 aliphatic heterocycles. The second-order valence-electron chi connectivity index (χ2n) is 3.46. The van der Waals surface area contributed by atoms with Crippen LogP contribution in [0.1, 0.15) is 12.1 Å². The molecule has 1 aromatic carbocycles. The number of benzene rings is 1. The van der Waals surface area contributed by atoms with Gasteiger partial charge in [0.1, 0.15) is 0 Å². The summed E-state index contributed by atoms with van der Waals surface area (Å²) in [6.07, 6.45) is 1.12. The maximum absolute atomic E-state index is 11.0. The Bertz CT molecular complexity index is 440. The zero-order valence-corrected chi connectivity index (χ0v) is 8.62. The SMILES string of the molecule is COC(=O)CCc1cc2ccccc2[nH]1. The van der Waals surface area contributed by atoms with Crippen molar-refractivity contribution in [1.82, 2.24) is 4.98 Å². The lowest BCUT2D eigenvalue weighted by atomic mass is 10.2. The highest BCUT2D eigenvalue weighted by Crippen LogP contribution is 2.15. The summed E-state index contributed by atoms with van der Waals surface area (Å²) < 4.78 is 4.59. The number of rotatable bonds is 3. The molecule has 0 saturated heterocycles. The third-order valence-corrected chi connectivity index (χ3v) is 2.41. The van der Waals surface area contributed by atoms with Crippen LogP contribution in [-0.4, -0.2) is 18.1 Å². The zero-order valence-electron chi connectivity index (χ0n) is 8.62. The van der Waals surface area contributed by atoms with E-state index in [4.69, 9.17) is 0 Å². The number of fused-ring (bicyclic) bond motifs is 1. The van der Waals surface area contributed by atoms with Crippen LogP contribution in [0.4, 0.5) is 0 Å². The monoisotopic (exact) mass is 203 g/mol. The molecule has 2 aromatic rings. The van der Waals surface area contributed by atoms with Crippen LogP contribution in [0.15, 0.2) is 30.3 Å². The van der Waals surface area contributed by atoms with Crippen molar-refractivity contribution in [2.75, 3.05) is 7.11 Å². The van der Waals surface area contributed by atoms with Crippen molar-refractivity contribution in [3.05, 3.63) is 36.0 Å². The molecule has 78 valence electrons. The number of H-pyrrole nitrogens is 1. The molecule has 0 fully saturated rings. The van der Waals surface area contributed by atoms with Crippen LogP contribution in [-0.2, 0) is 16.0 Å². The quantitative estimate of drug-likeness (QED) is 0.777. The van der Waals surface area contributed by atoms with Crippen molar-refractivity contribution in [2.45, 2.75) is 12.8 Å². The molecule has 0 spiro atoms. The van der Waals surface area contributed by atoms with Crippen LogP contribution in [0.25, 0.3) is 10.9 Å². The Morgan fingerprint density at radius 2 is 2.20 bits per heavy atom. The molecule has 0 amide bonds. The van der Waals surface area contributed by atoms with Crippen molar-refractivity contribution in [3.63, 3.8) is 0 Å². The number of ether oxygens (including phenoxy) is 1. The molecule has 0 radical (unpaired) electrons. The smallest absolute Gasteiger partial charge is 0.305 e. The summed E-state index contributed by atoms with van der Waals surface area (Å²) >= 11 is 0. The lowest BCUT2D eigenvalue weighted by Gasteiger charge is -1.96. The normalized spacial score (nSPS) is 10.5. The first-order valence-electron chi connectivity index (χ1n) is 4.93. The largest absolute Gasteiger partial charge is 0.469 e. The van der Waals surface area contributed by atoms with Gasteiger partial charge < -0.3 is 9.72 Å². The van der Waals surface area contributed by atoms with E-state index in [9.17, 15) is 4.79 Å². The Morgan fingerprint density at radius 3 is 2.93 bits per heavy atom. The Balaban J connectivity index is 2.12. The van der Waals surface area contributed by atoms with E-state index < -0.39 is 0 Å². The third-order valence-electron chi connectivity index (χ3n) is 2.41. The zero-order chi connectivity index (χ0) is 10.7. The summed E-state index contributed by atoms with van der Waals surface area (Å²) in [4.78, 5) is 14.2. The summed E-state index contributed by atoms with van der Waals surface area (Å²) in [6.45, 7) is 0. The molecule has 3 heteroatoms. The second-order valence-corrected chi connectivity index (χ2v) is 3.46. The standard InChI is InChI=1S/C12H13NO2/c1-15-12(14)7-6-10-8-9-4-2-3-5-11(9)13-10/h2-5,8,13H,6-7H2,1H3. The minimum absolute atomic E-state index is 0.173. The van der Waals surface area contributed by atoms with Crippen LogP contribution in [0.2, 0.25) is 0 Å². The van der Waals surface area contributed by atoms with Crippen LogP contribution in [0.3, 0.4) is 0 Å². The first kappa shape index (κ1) is 9.77. The van der Waals surface area contributed by atoms with Gasteiger partial charge in [-0.3, -0.25) is 4.79 Å². The van der Waals surface area contributed by atoms with E-state index in [0.717, 1.165) is 11.2 Å². The molecule has 1 aromatic heterocycles. The third kappa shape index (κ3) is 2.18. The predicted molar refractivity (Wildman–Crippen MR) is 58.6 cm³/mol. The molecule has 3 nitrogen and oxygen atoms in total. The number of hydrogen-bond donors (Lipinski definition) is 1. The molecule has 0 atom stereocenters. The minimum Gasteiger partial charge on any atom is -0.469 e. The minimum atomic E-state index is -0.173. The molecule has 15 heavy (non-hydrogen) atoms. The number of hydrogen-bond acceptors (Lipinski definition) is 2. The molecule has 1 N–H and O–H groups in total. The molecular weight excluding hydrogens is 190 g/mol. The lowest BCUT2D eigenvalue weighted by Crippen LogP contribution is -2.01. The van der Waals surface area contributed by atoms with Crippen molar-refractivity contribution >= 4 is 16.9 Å². The van der Waals surface area contributed by atoms with Crippen LogP contribution < -0.4 is 0 Å². The van der Waals surface area contributed by atoms with Gasteiger partial charge in [-0.15, -0.1) is 0 Å². The summed E-state index contributed by atoms with van der Waals surface area (Å²) in [5.41, 5.74) is 2.18. The molecule has 1 heterocycles. The molecule has 2 rings (SSSR count). The summed E-state index contributed by atoms with van der Waals surface area (Å²) in [5.74, 6) is -0.173. The summed E-state index contributed by atoms with van der Waals surface area (Å²) in [5, 5.41) is 1.18. The van der Waals surface area contributed by atoms with Crippen LogP contribution in [0.5, 0.6) is 0 Å². The fourth-order valence-electron chi connectivity index (χ4n) is 1.61. The number of esters is 1. The van der Waals surface area contributed by atoms with Gasteiger partial charge in [0, 0.05) is 11.2 Å². The second kappa shape index (κ2) is 4.17. The molecule has 0 saturated carbocycles. The number of aromatic amines is 1. The number of aryl methyl sites for hydroxylation is 1. The van der Waals surface area contributed by atoms with E-state index >= 15 is 0 Å².